The molecule has 0 fully saturated rings. The van der Waals surface area contributed by atoms with Crippen molar-refractivity contribution in [3.63, 3.8) is 0 Å². The van der Waals surface area contributed by atoms with E-state index in [1.807, 2.05) is 29.6 Å². The topological polar surface area (TPSA) is 58.2 Å². The highest BCUT2D eigenvalue weighted by Gasteiger charge is 2.10. The van der Waals surface area contributed by atoms with Crippen LogP contribution in [-0.2, 0) is 6.54 Å². The Bertz CT molecular complexity index is 894. The molecule has 1 heterocycles. The fourth-order valence-electron chi connectivity index (χ4n) is 2.26. The number of rotatable bonds is 5. The van der Waals surface area contributed by atoms with Gasteiger partial charge >= 0.3 is 0 Å². The summed E-state index contributed by atoms with van der Waals surface area (Å²) in [6.45, 7) is 0.338. The molecule has 2 N–H and O–H groups in total. The lowest BCUT2D eigenvalue weighted by molar-refractivity contribution is 0.0949. The molecule has 0 bridgehead atoms. The summed E-state index contributed by atoms with van der Waals surface area (Å²) < 4.78 is 0. The minimum atomic E-state index is -0.229. The Morgan fingerprint density at radius 3 is 2.56 bits per heavy atom. The number of halogens is 1. The van der Waals surface area contributed by atoms with Crippen LogP contribution in [-0.4, -0.2) is 11.8 Å². The first kappa shape index (κ1) is 17.2. The van der Waals surface area contributed by atoms with E-state index in [9.17, 15) is 9.59 Å². The molecule has 0 unspecified atom stereocenters. The Balaban J connectivity index is 1.65. The molecule has 0 saturated carbocycles. The Kier molecular flexibility index (Phi) is 5.48. The fourth-order valence-corrected chi connectivity index (χ4v) is 3.08. The maximum absolute atomic E-state index is 12.3. The lowest BCUT2D eigenvalue weighted by atomic mass is 10.1. The predicted octanol–water partition coefficient (Wildman–Crippen LogP) is 4.58. The zero-order valence-electron chi connectivity index (χ0n) is 13.2. The molecule has 0 aliphatic rings. The first-order chi connectivity index (χ1) is 12.1. The van der Waals surface area contributed by atoms with Gasteiger partial charge < -0.3 is 10.6 Å². The van der Waals surface area contributed by atoms with Crippen LogP contribution < -0.4 is 10.6 Å². The van der Waals surface area contributed by atoms with Crippen molar-refractivity contribution in [2.24, 2.45) is 0 Å². The smallest absolute Gasteiger partial charge is 0.265 e. The van der Waals surface area contributed by atoms with Gasteiger partial charge in [0.05, 0.1) is 4.88 Å². The van der Waals surface area contributed by atoms with E-state index < -0.39 is 0 Å². The zero-order chi connectivity index (χ0) is 17.6. The third-order valence-electron chi connectivity index (χ3n) is 3.52. The molecule has 0 atom stereocenters. The van der Waals surface area contributed by atoms with Crippen LogP contribution in [0.25, 0.3) is 0 Å². The van der Waals surface area contributed by atoms with E-state index in [1.54, 1.807) is 36.4 Å². The summed E-state index contributed by atoms with van der Waals surface area (Å²) in [7, 11) is 0. The Morgan fingerprint density at radius 1 is 0.960 bits per heavy atom. The zero-order valence-corrected chi connectivity index (χ0v) is 14.7. The van der Waals surface area contributed by atoms with Crippen molar-refractivity contribution in [1.82, 2.24) is 5.32 Å². The number of nitrogens with one attached hydrogen (secondary N) is 2. The van der Waals surface area contributed by atoms with Crippen molar-refractivity contribution >= 4 is 40.4 Å². The molecule has 3 rings (SSSR count). The summed E-state index contributed by atoms with van der Waals surface area (Å²) in [5.41, 5.74) is 1.89. The van der Waals surface area contributed by atoms with Crippen molar-refractivity contribution in [3.8, 4) is 0 Å². The molecule has 0 aliphatic carbocycles. The van der Waals surface area contributed by atoms with Gasteiger partial charge in [0.2, 0.25) is 0 Å². The van der Waals surface area contributed by atoms with E-state index in [2.05, 4.69) is 10.6 Å². The highest BCUT2D eigenvalue weighted by atomic mass is 35.5. The Hall–Kier alpha value is -2.63. The van der Waals surface area contributed by atoms with Gasteiger partial charge in [0.25, 0.3) is 11.8 Å². The highest BCUT2D eigenvalue weighted by molar-refractivity contribution is 7.12. The summed E-state index contributed by atoms with van der Waals surface area (Å²) in [4.78, 5) is 25.0. The molecular weight excluding hydrogens is 356 g/mol. The third kappa shape index (κ3) is 4.47. The van der Waals surface area contributed by atoms with Crippen LogP contribution in [0.5, 0.6) is 0 Å². The van der Waals surface area contributed by atoms with Crippen LogP contribution in [0.4, 0.5) is 5.69 Å². The first-order valence-corrected chi connectivity index (χ1v) is 8.86. The predicted molar refractivity (Wildman–Crippen MR) is 101 cm³/mol. The molecule has 25 heavy (non-hydrogen) atoms. The van der Waals surface area contributed by atoms with Crippen molar-refractivity contribution < 1.29 is 9.59 Å². The quantitative estimate of drug-likeness (QED) is 0.690. The molecule has 126 valence electrons. The molecule has 4 nitrogen and oxygen atoms in total. The fraction of sp³-hybridized carbons (Fsp3) is 0.0526. The largest absolute Gasteiger partial charge is 0.348 e. The minimum Gasteiger partial charge on any atom is -0.348 e. The SMILES string of the molecule is O=C(NCc1ccccc1Cl)c1cccc(NC(=O)c2cccs2)c1. The van der Waals surface area contributed by atoms with E-state index in [4.69, 9.17) is 11.6 Å². The van der Waals surface area contributed by atoms with Gasteiger partial charge in [-0.2, -0.15) is 0 Å². The molecule has 0 radical (unpaired) electrons. The van der Waals surface area contributed by atoms with Crippen molar-refractivity contribution in [2.45, 2.75) is 6.54 Å². The van der Waals surface area contributed by atoms with Crippen LogP contribution in [0, 0.1) is 0 Å². The number of anilines is 1. The molecular formula is C19H15ClN2O2S. The van der Waals surface area contributed by atoms with Gasteiger partial charge in [-0.05, 0) is 41.3 Å². The second-order valence-corrected chi connectivity index (χ2v) is 6.64. The number of hydrogen-bond donors (Lipinski definition) is 2. The second kappa shape index (κ2) is 7.96. The van der Waals surface area contributed by atoms with E-state index >= 15 is 0 Å². The lowest BCUT2D eigenvalue weighted by Crippen LogP contribution is -2.23. The molecule has 6 heteroatoms. The molecule has 2 aromatic carbocycles. The van der Waals surface area contributed by atoms with Gasteiger partial charge in [-0.3, -0.25) is 9.59 Å². The standard InChI is InChI=1S/C19H15ClN2O2S/c20-16-8-2-1-5-14(16)12-21-18(23)13-6-3-7-15(11-13)22-19(24)17-9-4-10-25-17/h1-11H,12H2,(H,21,23)(H,22,24). The van der Waals surface area contributed by atoms with Gasteiger partial charge in [0.15, 0.2) is 0 Å². The molecule has 0 spiro atoms. The molecule has 2 amide bonds. The van der Waals surface area contributed by atoms with Crippen LogP contribution in [0.1, 0.15) is 25.6 Å². The van der Waals surface area contributed by atoms with Gasteiger partial charge in [0.1, 0.15) is 0 Å². The number of thiophene rings is 1. The summed E-state index contributed by atoms with van der Waals surface area (Å²) in [5.74, 6) is -0.421. The van der Waals surface area contributed by atoms with Crippen LogP contribution in [0.3, 0.4) is 0 Å². The normalized spacial score (nSPS) is 10.3. The van der Waals surface area contributed by atoms with E-state index in [-0.39, 0.29) is 11.8 Å². The molecule has 0 aliphatic heterocycles. The van der Waals surface area contributed by atoms with E-state index in [1.165, 1.54) is 11.3 Å². The first-order valence-electron chi connectivity index (χ1n) is 7.60. The van der Waals surface area contributed by atoms with Crippen molar-refractivity contribution in [3.05, 3.63) is 87.1 Å². The average Bonchev–Trinajstić information content (AvgIpc) is 3.16. The molecule has 1 aromatic heterocycles. The van der Waals surface area contributed by atoms with Gasteiger partial charge in [-0.15, -0.1) is 11.3 Å². The summed E-state index contributed by atoms with van der Waals surface area (Å²) in [6, 6.07) is 17.7. The Labute approximate surface area is 154 Å². The van der Waals surface area contributed by atoms with Gasteiger partial charge in [-0.1, -0.05) is 41.9 Å². The van der Waals surface area contributed by atoms with Gasteiger partial charge in [-0.25, -0.2) is 0 Å². The van der Waals surface area contributed by atoms with Crippen molar-refractivity contribution in [1.29, 1.82) is 0 Å². The van der Waals surface area contributed by atoms with E-state index in [0.29, 0.717) is 27.7 Å². The van der Waals surface area contributed by atoms with Crippen LogP contribution in [0.2, 0.25) is 5.02 Å². The number of amides is 2. The van der Waals surface area contributed by atoms with Crippen LogP contribution in [0.15, 0.2) is 66.0 Å². The second-order valence-electron chi connectivity index (χ2n) is 5.29. The van der Waals surface area contributed by atoms with Crippen molar-refractivity contribution in [2.75, 3.05) is 5.32 Å². The maximum Gasteiger partial charge on any atom is 0.265 e. The average molecular weight is 371 g/mol. The summed E-state index contributed by atoms with van der Waals surface area (Å²) in [6.07, 6.45) is 0. The number of benzene rings is 2. The number of carbonyl (C=O) groups excluding carboxylic acids is 2. The van der Waals surface area contributed by atoms with Gasteiger partial charge in [0, 0.05) is 22.8 Å². The third-order valence-corrected chi connectivity index (χ3v) is 4.76. The maximum atomic E-state index is 12.3. The highest BCUT2D eigenvalue weighted by Crippen LogP contribution is 2.16. The van der Waals surface area contributed by atoms with Crippen LogP contribution >= 0.6 is 22.9 Å². The molecule has 3 aromatic rings. The molecule has 0 saturated heterocycles. The monoisotopic (exact) mass is 370 g/mol. The summed E-state index contributed by atoms with van der Waals surface area (Å²) in [5, 5.41) is 8.07. The number of hydrogen-bond acceptors (Lipinski definition) is 3. The summed E-state index contributed by atoms with van der Waals surface area (Å²) >= 11 is 7.45. The lowest BCUT2D eigenvalue weighted by Gasteiger charge is -2.09. The number of carbonyl (C=O) groups is 2. The minimum absolute atomic E-state index is 0.191. The Morgan fingerprint density at radius 2 is 1.80 bits per heavy atom. The van der Waals surface area contributed by atoms with E-state index in [0.717, 1.165) is 5.56 Å².